The third kappa shape index (κ3) is 2.89. The molecule has 2 heterocycles. The van der Waals surface area contributed by atoms with E-state index in [1.807, 2.05) is 57.1 Å². The first kappa shape index (κ1) is 20.1. The topological polar surface area (TPSA) is 46.7 Å². The van der Waals surface area contributed by atoms with E-state index in [2.05, 4.69) is 31.2 Å². The van der Waals surface area contributed by atoms with Gasteiger partial charge in [0, 0.05) is 23.9 Å². The highest BCUT2D eigenvalue weighted by atomic mass is 16.2. The number of benzene rings is 3. The molecule has 0 aliphatic heterocycles. The fraction of sp³-hybridized carbons (Fsp3) is 0.280. The Kier molecular flexibility index (Phi) is 5.08. The second-order valence-electron chi connectivity index (χ2n) is 7.76. The number of nitrogens with zero attached hydrogens (tertiary/aromatic N) is 3. The fourth-order valence-corrected chi connectivity index (χ4v) is 4.24. The van der Waals surface area contributed by atoms with Gasteiger partial charge >= 0.3 is 5.69 Å². The van der Waals surface area contributed by atoms with E-state index >= 15 is 0 Å². The molecule has 3 aromatic carbocycles. The summed E-state index contributed by atoms with van der Waals surface area (Å²) in [5, 5.41) is 4.82. The molecular formula is C25H27N3O2. The predicted molar refractivity (Wildman–Crippen MR) is 126 cm³/mol. The van der Waals surface area contributed by atoms with Crippen LogP contribution in [0.2, 0.25) is 0 Å². The van der Waals surface area contributed by atoms with Crippen LogP contribution in [0.5, 0.6) is 0 Å². The van der Waals surface area contributed by atoms with E-state index in [0.29, 0.717) is 18.5 Å². The van der Waals surface area contributed by atoms with Crippen LogP contribution in [0.15, 0.2) is 58.1 Å². The largest absolute Gasteiger partial charge is 0.336 e. The van der Waals surface area contributed by atoms with Crippen LogP contribution in [0, 0.1) is 6.92 Å². The average molecular weight is 402 g/mol. The van der Waals surface area contributed by atoms with Gasteiger partial charge in [-0.05, 0) is 43.9 Å². The zero-order valence-electron chi connectivity index (χ0n) is 18.2. The Hall–Kier alpha value is -3.18. The molecule has 0 atom stereocenters. The molecule has 5 aromatic rings. The van der Waals surface area contributed by atoms with Crippen molar-refractivity contribution in [2.75, 3.05) is 20.6 Å². The molecule has 0 spiro atoms. The standard InChI is InChI=1S/C23H21N3O2.C2H6/c1-14-7-9-16-15(13-14)8-10-19-20(16)17-5-4-6-18-21(17)26(19)23(28)25(22(18)27)12-11-24(2)3;1-2/h4-10,13H,11-12H2,1-3H3;1-2H3. The van der Waals surface area contributed by atoms with Crippen LogP contribution < -0.4 is 11.2 Å². The first-order valence-corrected chi connectivity index (χ1v) is 10.4. The smallest absolute Gasteiger partial charge is 0.308 e. The van der Waals surface area contributed by atoms with Gasteiger partial charge in [0.05, 0.1) is 16.4 Å². The van der Waals surface area contributed by atoms with Crippen molar-refractivity contribution in [3.05, 3.63) is 74.9 Å². The summed E-state index contributed by atoms with van der Waals surface area (Å²) in [5.74, 6) is 0. The van der Waals surface area contributed by atoms with Gasteiger partial charge in [0.15, 0.2) is 0 Å². The third-order valence-electron chi connectivity index (χ3n) is 5.59. The Morgan fingerprint density at radius 3 is 2.37 bits per heavy atom. The van der Waals surface area contributed by atoms with Crippen LogP contribution in [0.4, 0.5) is 0 Å². The van der Waals surface area contributed by atoms with Crippen molar-refractivity contribution in [1.29, 1.82) is 0 Å². The summed E-state index contributed by atoms with van der Waals surface area (Å²) in [4.78, 5) is 28.4. The van der Waals surface area contributed by atoms with Crippen LogP contribution in [0.25, 0.3) is 38.0 Å². The first-order chi connectivity index (χ1) is 14.5. The van der Waals surface area contributed by atoms with Gasteiger partial charge in [-0.3, -0.25) is 13.8 Å². The van der Waals surface area contributed by atoms with E-state index in [4.69, 9.17) is 0 Å². The Labute approximate surface area is 175 Å². The Bertz CT molecular complexity index is 1490. The number of aromatic nitrogens is 2. The molecule has 5 heteroatoms. The van der Waals surface area contributed by atoms with Crippen molar-refractivity contribution < 1.29 is 0 Å². The summed E-state index contributed by atoms with van der Waals surface area (Å²) in [6.45, 7) is 7.07. The number of likely N-dealkylation sites (N-methyl/N-ethyl adjacent to an activating group) is 1. The summed E-state index contributed by atoms with van der Waals surface area (Å²) in [5.41, 5.74) is 2.29. The molecule has 30 heavy (non-hydrogen) atoms. The van der Waals surface area contributed by atoms with Crippen molar-refractivity contribution in [2.24, 2.45) is 0 Å². The minimum atomic E-state index is -0.267. The lowest BCUT2D eigenvalue weighted by atomic mass is 10.0. The number of rotatable bonds is 3. The Morgan fingerprint density at radius 2 is 1.63 bits per heavy atom. The van der Waals surface area contributed by atoms with E-state index < -0.39 is 0 Å². The van der Waals surface area contributed by atoms with Gasteiger partial charge in [-0.25, -0.2) is 4.79 Å². The predicted octanol–water partition coefficient (Wildman–Crippen LogP) is 4.25. The molecule has 5 nitrogen and oxygen atoms in total. The van der Waals surface area contributed by atoms with E-state index in [0.717, 1.165) is 32.6 Å². The van der Waals surface area contributed by atoms with Crippen LogP contribution in [-0.4, -0.2) is 34.5 Å². The monoisotopic (exact) mass is 401 g/mol. The molecule has 0 N–H and O–H groups in total. The molecule has 0 fully saturated rings. The lowest BCUT2D eigenvalue weighted by Gasteiger charge is -2.12. The van der Waals surface area contributed by atoms with Crippen LogP contribution in [0.1, 0.15) is 19.4 Å². The molecule has 0 radical (unpaired) electrons. The molecule has 154 valence electrons. The lowest BCUT2D eigenvalue weighted by Crippen LogP contribution is -2.39. The average Bonchev–Trinajstić information content (AvgIpc) is 3.08. The van der Waals surface area contributed by atoms with Gasteiger partial charge in [-0.2, -0.15) is 0 Å². The summed E-state index contributed by atoms with van der Waals surface area (Å²) >= 11 is 0. The lowest BCUT2D eigenvalue weighted by molar-refractivity contribution is 0.376. The van der Waals surface area contributed by atoms with Crippen LogP contribution >= 0.6 is 0 Å². The number of aryl methyl sites for hydroxylation is 1. The van der Waals surface area contributed by atoms with Crippen molar-refractivity contribution in [1.82, 2.24) is 13.9 Å². The molecule has 0 saturated carbocycles. The first-order valence-electron chi connectivity index (χ1n) is 10.4. The summed E-state index contributed by atoms with van der Waals surface area (Å²) < 4.78 is 3.08. The fourth-order valence-electron chi connectivity index (χ4n) is 4.24. The van der Waals surface area contributed by atoms with E-state index in [9.17, 15) is 9.59 Å². The van der Waals surface area contributed by atoms with Crippen molar-refractivity contribution in [3.63, 3.8) is 0 Å². The highest BCUT2D eigenvalue weighted by molar-refractivity contribution is 6.23. The third-order valence-corrected chi connectivity index (χ3v) is 5.59. The highest BCUT2D eigenvalue weighted by Gasteiger charge is 2.19. The molecule has 5 rings (SSSR count). The zero-order chi connectivity index (χ0) is 21.6. The van der Waals surface area contributed by atoms with Crippen molar-refractivity contribution >= 4 is 38.0 Å². The highest BCUT2D eigenvalue weighted by Crippen LogP contribution is 2.35. The molecule has 0 bridgehead atoms. The molecule has 0 unspecified atom stereocenters. The van der Waals surface area contributed by atoms with Gasteiger partial charge < -0.3 is 4.90 Å². The molecule has 0 aliphatic rings. The van der Waals surface area contributed by atoms with E-state index in [1.165, 1.54) is 10.1 Å². The minimum Gasteiger partial charge on any atom is -0.308 e. The summed E-state index contributed by atoms with van der Waals surface area (Å²) in [7, 11) is 3.87. The Morgan fingerprint density at radius 1 is 0.900 bits per heavy atom. The van der Waals surface area contributed by atoms with E-state index in [-0.39, 0.29) is 11.2 Å². The maximum Gasteiger partial charge on any atom is 0.336 e. The van der Waals surface area contributed by atoms with Gasteiger partial charge in [0.2, 0.25) is 0 Å². The number of fused-ring (bicyclic) bond motifs is 5. The van der Waals surface area contributed by atoms with Crippen molar-refractivity contribution in [2.45, 2.75) is 27.3 Å². The van der Waals surface area contributed by atoms with Crippen molar-refractivity contribution in [3.8, 4) is 0 Å². The summed E-state index contributed by atoms with van der Waals surface area (Å²) in [6, 6.07) is 16.1. The molecule has 0 aliphatic carbocycles. The van der Waals surface area contributed by atoms with Crippen LogP contribution in [0.3, 0.4) is 0 Å². The van der Waals surface area contributed by atoms with Gasteiger partial charge in [0.1, 0.15) is 0 Å². The zero-order valence-corrected chi connectivity index (χ0v) is 18.2. The normalized spacial score (nSPS) is 11.7. The number of hydrogen-bond donors (Lipinski definition) is 0. The molecular weight excluding hydrogens is 374 g/mol. The van der Waals surface area contributed by atoms with Gasteiger partial charge in [-0.1, -0.05) is 55.8 Å². The SMILES string of the molecule is CC.Cc1ccc2c(ccc3c2c2cccc4c(=O)n(CCN(C)C)c(=O)n3c42)c1. The molecule has 0 amide bonds. The van der Waals surface area contributed by atoms with Gasteiger partial charge in [-0.15, -0.1) is 0 Å². The van der Waals surface area contributed by atoms with Gasteiger partial charge in [0.25, 0.3) is 5.56 Å². The quantitative estimate of drug-likeness (QED) is 0.454. The molecule has 0 saturated heterocycles. The number of hydrogen-bond acceptors (Lipinski definition) is 3. The Balaban J connectivity index is 0.00000106. The van der Waals surface area contributed by atoms with Crippen LogP contribution in [-0.2, 0) is 6.54 Å². The van der Waals surface area contributed by atoms with E-state index in [1.54, 1.807) is 4.40 Å². The number of para-hydroxylation sites is 1. The second-order valence-corrected chi connectivity index (χ2v) is 7.76. The summed E-state index contributed by atoms with van der Waals surface area (Å²) in [6.07, 6.45) is 0. The second kappa shape index (κ2) is 7.58. The maximum absolute atomic E-state index is 13.3. The molecule has 2 aromatic heterocycles. The maximum atomic E-state index is 13.3. The minimum absolute atomic E-state index is 0.215.